The minimum Gasteiger partial charge on any atom is -0.206 e. The van der Waals surface area contributed by atoms with Crippen LogP contribution in [0.1, 0.15) is 94.4 Å². The summed E-state index contributed by atoms with van der Waals surface area (Å²) in [5, 5.41) is 0. The van der Waals surface area contributed by atoms with Crippen molar-refractivity contribution in [2.24, 2.45) is 17.8 Å². The van der Waals surface area contributed by atoms with Gasteiger partial charge in [-0.05, 0) is 78.8 Å². The standard InChI is InChI=1S/C30H39F/c1-4-6-8-25-13-17-28(18-14-25)23(3)21-27-16-20-29(30(31)22-27)19-15-26-11-9-24(7-5-2)10-12-26/h9-12,16,20,22-23,25,28H,4-8,13-14,17-18,21H2,1-3H3. The summed E-state index contributed by atoms with van der Waals surface area (Å²) >= 11 is 0. The summed E-state index contributed by atoms with van der Waals surface area (Å²) in [6.45, 7) is 6.82. The predicted octanol–water partition coefficient (Wildman–Crippen LogP) is 8.35. The molecule has 2 aromatic carbocycles. The largest absolute Gasteiger partial charge is 0.206 e. The van der Waals surface area contributed by atoms with Crippen molar-refractivity contribution in [3.8, 4) is 11.8 Å². The van der Waals surface area contributed by atoms with Crippen LogP contribution < -0.4 is 0 Å². The van der Waals surface area contributed by atoms with Gasteiger partial charge in [0.2, 0.25) is 0 Å². The van der Waals surface area contributed by atoms with Crippen LogP contribution in [-0.2, 0) is 12.8 Å². The summed E-state index contributed by atoms with van der Waals surface area (Å²) < 4.78 is 14.7. The van der Waals surface area contributed by atoms with Crippen molar-refractivity contribution in [1.82, 2.24) is 0 Å². The number of halogens is 1. The van der Waals surface area contributed by atoms with Crippen molar-refractivity contribution in [2.75, 3.05) is 0 Å². The Labute approximate surface area is 189 Å². The van der Waals surface area contributed by atoms with Gasteiger partial charge in [0, 0.05) is 5.56 Å². The molecule has 0 aromatic heterocycles. The number of rotatable bonds is 8. The highest BCUT2D eigenvalue weighted by Gasteiger charge is 2.25. The van der Waals surface area contributed by atoms with E-state index in [1.54, 1.807) is 6.07 Å². The molecule has 31 heavy (non-hydrogen) atoms. The van der Waals surface area contributed by atoms with E-state index in [9.17, 15) is 4.39 Å². The molecule has 0 radical (unpaired) electrons. The van der Waals surface area contributed by atoms with E-state index in [0.29, 0.717) is 11.5 Å². The second-order valence-electron chi connectivity index (χ2n) is 9.62. The zero-order valence-electron chi connectivity index (χ0n) is 19.7. The summed E-state index contributed by atoms with van der Waals surface area (Å²) in [4.78, 5) is 0. The molecule has 0 saturated heterocycles. The van der Waals surface area contributed by atoms with Crippen LogP contribution in [0.4, 0.5) is 4.39 Å². The molecule has 1 fully saturated rings. The predicted molar refractivity (Wildman–Crippen MR) is 131 cm³/mol. The average Bonchev–Trinajstić information content (AvgIpc) is 2.78. The molecule has 0 N–H and O–H groups in total. The van der Waals surface area contributed by atoms with Gasteiger partial charge in [-0.15, -0.1) is 0 Å². The first kappa shape index (κ1) is 23.6. The van der Waals surface area contributed by atoms with Crippen LogP contribution in [0.25, 0.3) is 0 Å². The third-order valence-electron chi connectivity index (χ3n) is 7.09. The molecule has 0 amide bonds. The quantitative estimate of drug-likeness (QED) is 0.378. The van der Waals surface area contributed by atoms with Crippen LogP contribution in [0, 0.1) is 35.4 Å². The van der Waals surface area contributed by atoms with Gasteiger partial charge in [-0.25, -0.2) is 4.39 Å². The Bertz CT molecular complexity index is 860. The van der Waals surface area contributed by atoms with Gasteiger partial charge in [-0.2, -0.15) is 0 Å². The summed E-state index contributed by atoms with van der Waals surface area (Å²) in [5.41, 5.74) is 3.86. The van der Waals surface area contributed by atoms with Gasteiger partial charge in [0.1, 0.15) is 5.82 Å². The molecule has 1 aliphatic rings. The number of hydrogen-bond donors (Lipinski definition) is 0. The molecule has 1 atom stereocenters. The maximum absolute atomic E-state index is 14.7. The van der Waals surface area contributed by atoms with Crippen molar-refractivity contribution in [3.05, 3.63) is 70.5 Å². The Morgan fingerprint density at radius 2 is 1.61 bits per heavy atom. The molecule has 0 aliphatic heterocycles. The molecule has 0 nitrogen and oxygen atoms in total. The van der Waals surface area contributed by atoms with Crippen molar-refractivity contribution >= 4 is 0 Å². The minimum absolute atomic E-state index is 0.192. The van der Waals surface area contributed by atoms with E-state index >= 15 is 0 Å². The molecule has 0 spiro atoms. The lowest BCUT2D eigenvalue weighted by Gasteiger charge is -2.32. The average molecular weight is 419 g/mol. The highest BCUT2D eigenvalue weighted by atomic mass is 19.1. The van der Waals surface area contributed by atoms with Gasteiger partial charge in [-0.1, -0.05) is 89.3 Å². The first-order valence-corrected chi connectivity index (χ1v) is 12.5. The summed E-state index contributed by atoms with van der Waals surface area (Å²) in [6, 6.07) is 13.9. The Morgan fingerprint density at radius 3 is 2.26 bits per heavy atom. The Kier molecular flexibility index (Phi) is 9.20. The molecule has 1 unspecified atom stereocenters. The Balaban J connectivity index is 1.55. The molecule has 166 valence electrons. The van der Waals surface area contributed by atoms with E-state index in [2.05, 4.69) is 50.8 Å². The zero-order chi connectivity index (χ0) is 22.1. The molecular weight excluding hydrogens is 379 g/mol. The maximum Gasteiger partial charge on any atom is 0.139 e. The molecule has 2 aromatic rings. The van der Waals surface area contributed by atoms with E-state index in [1.807, 2.05) is 18.2 Å². The number of benzene rings is 2. The maximum atomic E-state index is 14.7. The molecule has 0 bridgehead atoms. The molecule has 1 saturated carbocycles. The zero-order valence-corrected chi connectivity index (χ0v) is 19.7. The van der Waals surface area contributed by atoms with E-state index in [4.69, 9.17) is 0 Å². The third kappa shape index (κ3) is 7.24. The van der Waals surface area contributed by atoms with Crippen LogP contribution in [0.5, 0.6) is 0 Å². The lowest BCUT2D eigenvalue weighted by molar-refractivity contribution is 0.204. The second-order valence-corrected chi connectivity index (χ2v) is 9.62. The monoisotopic (exact) mass is 418 g/mol. The number of hydrogen-bond acceptors (Lipinski definition) is 0. The van der Waals surface area contributed by atoms with Gasteiger partial charge in [0.15, 0.2) is 0 Å². The SMILES string of the molecule is CCCCC1CCC(C(C)Cc2ccc(C#Cc3ccc(CCC)cc3)c(F)c2)CC1. The second kappa shape index (κ2) is 12.1. The van der Waals surface area contributed by atoms with Gasteiger partial charge in [-0.3, -0.25) is 0 Å². The van der Waals surface area contributed by atoms with Crippen LogP contribution in [-0.4, -0.2) is 0 Å². The lowest BCUT2D eigenvalue weighted by Crippen LogP contribution is -2.21. The first-order valence-electron chi connectivity index (χ1n) is 12.5. The third-order valence-corrected chi connectivity index (χ3v) is 7.09. The topological polar surface area (TPSA) is 0 Å². The normalized spacial score (nSPS) is 19.5. The highest BCUT2D eigenvalue weighted by molar-refractivity contribution is 5.44. The number of unbranched alkanes of at least 4 members (excludes halogenated alkanes) is 1. The van der Waals surface area contributed by atoms with Crippen LogP contribution >= 0.6 is 0 Å². The summed E-state index contributed by atoms with van der Waals surface area (Å²) in [6.07, 6.45) is 12.8. The molecule has 0 heterocycles. The molecule has 1 heteroatoms. The molecular formula is C30H39F. The van der Waals surface area contributed by atoms with Gasteiger partial charge < -0.3 is 0 Å². The first-order chi connectivity index (χ1) is 15.1. The van der Waals surface area contributed by atoms with Gasteiger partial charge >= 0.3 is 0 Å². The Hall–Kier alpha value is -2.07. The van der Waals surface area contributed by atoms with Gasteiger partial charge in [0.25, 0.3) is 0 Å². The van der Waals surface area contributed by atoms with E-state index in [0.717, 1.165) is 42.2 Å². The van der Waals surface area contributed by atoms with Crippen LogP contribution in [0.3, 0.4) is 0 Å². The summed E-state index contributed by atoms with van der Waals surface area (Å²) in [5.74, 6) is 8.29. The van der Waals surface area contributed by atoms with Crippen molar-refractivity contribution in [2.45, 2.75) is 85.0 Å². The van der Waals surface area contributed by atoms with Crippen LogP contribution in [0.15, 0.2) is 42.5 Å². The fraction of sp³-hybridized carbons (Fsp3) is 0.533. The van der Waals surface area contributed by atoms with E-state index in [-0.39, 0.29) is 5.82 Å². The van der Waals surface area contributed by atoms with Crippen molar-refractivity contribution < 1.29 is 4.39 Å². The lowest BCUT2D eigenvalue weighted by atomic mass is 9.73. The molecule has 1 aliphatic carbocycles. The fourth-order valence-electron chi connectivity index (χ4n) is 5.05. The smallest absolute Gasteiger partial charge is 0.139 e. The molecule has 3 rings (SSSR count). The fourth-order valence-corrected chi connectivity index (χ4v) is 5.05. The Morgan fingerprint density at radius 1 is 0.903 bits per heavy atom. The van der Waals surface area contributed by atoms with Gasteiger partial charge in [0.05, 0.1) is 5.56 Å². The van der Waals surface area contributed by atoms with E-state index in [1.165, 1.54) is 50.5 Å². The number of aryl methyl sites for hydroxylation is 1. The van der Waals surface area contributed by atoms with Crippen molar-refractivity contribution in [3.63, 3.8) is 0 Å². The minimum atomic E-state index is -0.192. The highest BCUT2D eigenvalue weighted by Crippen LogP contribution is 2.36. The van der Waals surface area contributed by atoms with Crippen LogP contribution in [0.2, 0.25) is 0 Å². The summed E-state index contributed by atoms with van der Waals surface area (Å²) in [7, 11) is 0. The van der Waals surface area contributed by atoms with E-state index < -0.39 is 0 Å². The van der Waals surface area contributed by atoms with Crippen molar-refractivity contribution in [1.29, 1.82) is 0 Å².